The molecule has 0 radical (unpaired) electrons. The first-order valence-electron chi connectivity index (χ1n) is 12.9. The highest BCUT2D eigenvalue weighted by Crippen LogP contribution is 2.41. The average Bonchev–Trinajstić information content (AvgIpc) is 3.47. The Hall–Kier alpha value is -3.65. The van der Waals surface area contributed by atoms with Crippen molar-refractivity contribution in [1.29, 1.82) is 0 Å². The number of hydrogen-bond donors (Lipinski definition) is 3. The predicted octanol–water partition coefficient (Wildman–Crippen LogP) is 5.69. The maximum atomic E-state index is 14.2. The van der Waals surface area contributed by atoms with Gasteiger partial charge in [0.15, 0.2) is 0 Å². The number of methoxy groups -OCH3 is 2. The van der Waals surface area contributed by atoms with Crippen LogP contribution in [-0.2, 0) is 21.4 Å². The van der Waals surface area contributed by atoms with Gasteiger partial charge in [0.2, 0.25) is 11.8 Å². The Balaban J connectivity index is 1.77. The quantitative estimate of drug-likeness (QED) is 0.228. The molecule has 0 saturated heterocycles. The van der Waals surface area contributed by atoms with E-state index in [2.05, 4.69) is 22.7 Å². The number of rotatable bonds is 11. The van der Waals surface area contributed by atoms with Crippen molar-refractivity contribution in [1.82, 2.24) is 15.0 Å². The van der Waals surface area contributed by atoms with Crippen LogP contribution in [0.4, 0.5) is 0 Å². The molecular formula is C29H35ClN4O4. The first-order valence-corrected chi connectivity index (χ1v) is 13.2. The molecule has 8 nitrogen and oxygen atoms in total. The van der Waals surface area contributed by atoms with E-state index in [9.17, 15) is 9.59 Å². The zero-order chi connectivity index (χ0) is 27.4. The van der Waals surface area contributed by atoms with Gasteiger partial charge in [-0.1, -0.05) is 31.9 Å². The SMILES string of the molecule is CCCC(CC)(C(=O)Nn1cc(CCNC(C)=O)c2cc(OC)ccc21)c1c[nH]c2cc(Cl)c(OC)cc12. The molecule has 0 aliphatic rings. The summed E-state index contributed by atoms with van der Waals surface area (Å²) in [4.78, 5) is 28.9. The van der Waals surface area contributed by atoms with Crippen LogP contribution >= 0.6 is 11.6 Å². The number of benzene rings is 2. The van der Waals surface area contributed by atoms with Gasteiger partial charge in [0, 0.05) is 42.2 Å². The number of amides is 2. The molecule has 2 aromatic heterocycles. The third kappa shape index (κ3) is 5.05. The van der Waals surface area contributed by atoms with Crippen LogP contribution in [0, 0.1) is 0 Å². The van der Waals surface area contributed by atoms with Gasteiger partial charge in [-0.2, -0.15) is 0 Å². The fourth-order valence-corrected chi connectivity index (χ4v) is 5.53. The second kappa shape index (κ2) is 11.4. The molecule has 0 aliphatic carbocycles. The van der Waals surface area contributed by atoms with Crippen LogP contribution in [-0.4, -0.2) is 42.2 Å². The zero-order valence-electron chi connectivity index (χ0n) is 22.5. The van der Waals surface area contributed by atoms with Gasteiger partial charge in [0.05, 0.1) is 30.2 Å². The molecule has 0 spiro atoms. The third-order valence-electron chi connectivity index (χ3n) is 7.27. The smallest absolute Gasteiger partial charge is 0.249 e. The van der Waals surface area contributed by atoms with Crippen molar-refractivity contribution in [2.75, 3.05) is 26.2 Å². The number of H-pyrrole nitrogens is 1. The summed E-state index contributed by atoms with van der Waals surface area (Å²) in [7, 11) is 3.21. The molecule has 0 fully saturated rings. The number of halogens is 1. The molecule has 2 aromatic carbocycles. The van der Waals surface area contributed by atoms with Crippen molar-refractivity contribution in [3.05, 3.63) is 58.9 Å². The van der Waals surface area contributed by atoms with E-state index in [1.54, 1.807) is 18.9 Å². The highest BCUT2D eigenvalue weighted by atomic mass is 35.5. The number of nitrogens with zero attached hydrogens (tertiary/aromatic N) is 1. The second-order valence-corrected chi connectivity index (χ2v) is 9.91. The van der Waals surface area contributed by atoms with Gasteiger partial charge in [0.1, 0.15) is 11.5 Å². The van der Waals surface area contributed by atoms with Gasteiger partial charge >= 0.3 is 0 Å². The summed E-state index contributed by atoms with van der Waals surface area (Å²) >= 11 is 6.36. The number of carbonyl (C=O) groups is 2. The highest BCUT2D eigenvalue weighted by Gasteiger charge is 2.40. The van der Waals surface area contributed by atoms with Crippen LogP contribution in [0.3, 0.4) is 0 Å². The van der Waals surface area contributed by atoms with Crippen LogP contribution in [0.2, 0.25) is 5.02 Å². The number of carbonyl (C=O) groups excluding carboxylic acids is 2. The van der Waals surface area contributed by atoms with Crippen LogP contribution in [0.15, 0.2) is 42.7 Å². The van der Waals surface area contributed by atoms with E-state index >= 15 is 0 Å². The Bertz CT molecular complexity index is 1470. The summed E-state index contributed by atoms with van der Waals surface area (Å²) in [6.45, 7) is 6.12. The van der Waals surface area contributed by atoms with Crippen molar-refractivity contribution < 1.29 is 19.1 Å². The molecule has 0 aliphatic heterocycles. The minimum Gasteiger partial charge on any atom is -0.497 e. The number of nitrogens with one attached hydrogen (secondary N) is 3. The number of ether oxygens (including phenoxy) is 2. The fourth-order valence-electron chi connectivity index (χ4n) is 5.29. The van der Waals surface area contributed by atoms with Gasteiger partial charge in [0.25, 0.3) is 0 Å². The molecule has 4 aromatic rings. The van der Waals surface area contributed by atoms with Gasteiger partial charge < -0.3 is 19.8 Å². The maximum Gasteiger partial charge on any atom is 0.249 e. The van der Waals surface area contributed by atoms with Gasteiger partial charge in [-0.3, -0.25) is 19.7 Å². The summed E-state index contributed by atoms with van der Waals surface area (Å²) in [6, 6.07) is 9.49. The number of fused-ring (bicyclic) bond motifs is 2. The van der Waals surface area contributed by atoms with E-state index < -0.39 is 5.41 Å². The van der Waals surface area contributed by atoms with Crippen LogP contribution in [0.25, 0.3) is 21.8 Å². The Kier molecular flexibility index (Phi) is 8.21. The Morgan fingerprint density at radius 2 is 1.89 bits per heavy atom. The molecule has 9 heteroatoms. The van der Waals surface area contributed by atoms with Gasteiger partial charge in [-0.05, 0) is 60.7 Å². The molecular weight excluding hydrogens is 504 g/mol. The van der Waals surface area contributed by atoms with Crippen molar-refractivity contribution in [3.63, 3.8) is 0 Å². The largest absolute Gasteiger partial charge is 0.497 e. The molecule has 2 amide bonds. The number of aromatic amines is 1. The molecule has 4 rings (SSSR count). The van der Waals surface area contributed by atoms with E-state index in [0.29, 0.717) is 36.6 Å². The lowest BCUT2D eigenvalue weighted by molar-refractivity contribution is -0.123. The standard InChI is InChI=1S/C29H35ClN4O4/c1-6-11-29(7-2,23-16-32-25-15-24(30)27(38-5)14-22(23)25)28(36)33-34-17-19(10-12-31-18(3)35)21-13-20(37-4)8-9-26(21)34/h8-9,13-17,32H,6-7,10-12H2,1-5H3,(H,31,35)(H,33,36). The lowest BCUT2D eigenvalue weighted by Gasteiger charge is -2.31. The summed E-state index contributed by atoms with van der Waals surface area (Å²) in [6.07, 6.45) is 6.54. The zero-order valence-corrected chi connectivity index (χ0v) is 23.3. The molecule has 38 heavy (non-hydrogen) atoms. The summed E-state index contributed by atoms with van der Waals surface area (Å²) in [5.41, 5.74) is 6.02. The molecule has 202 valence electrons. The Morgan fingerprint density at radius 1 is 1.11 bits per heavy atom. The van der Waals surface area contributed by atoms with E-state index in [1.165, 1.54) is 6.92 Å². The van der Waals surface area contributed by atoms with Gasteiger partial charge in [-0.15, -0.1) is 0 Å². The lowest BCUT2D eigenvalue weighted by Crippen LogP contribution is -2.42. The predicted molar refractivity (Wildman–Crippen MR) is 152 cm³/mol. The average molecular weight is 539 g/mol. The Labute approximate surface area is 227 Å². The minimum absolute atomic E-state index is 0.0800. The van der Waals surface area contributed by atoms with Crippen LogP contribution < -0.4 is 20.2 Å². The normalized spacial score (nSPS) is 12.9. The third-order valence-corrected chi connectivity index (χ3v) is 7.56. The monoisotopic (exact) mass is 538 g/mol. The summed E-state index contributed by atoms with van der Waals surface area (Å²) in [5, 5.41) is 5.23. The first kappa shape index (κ1) is 27.4. The van der Waals surface area contributed by atoms with Crippen molar-refractivity contribution in [2.45, 2.75) is 51.9 Å². The van der Waals surface area contributed by atoms with Crippen LogP contribution in [0.5, 0.6) is 11.5 Å². The minimum atomic E-state index is -0.786. The molecule has 0 saturated carbocycles. The molecule has 3 N–H and O–H groups in total. The second-order valence-electron chi connectivity index (χ2n) is 9.50. The van der Waals surface area contributed by atoms with Crippen LogP contribution in [0.1, 0.15) is 51.2 Å². The fraction of sp³-hybridized carbons (Fsp3) is 0.379. The van der Waals surface area contributed by atoms with E-state index in [4.69, 9.17) is 21.1 Å². The maximum absolute atomic E-state index is 14.2. The topological polar surface area (TPSA) is 97.4 Å². The van der Waals surface area contributed by atoms with E-state index in [1.807, 2.05) is 49.6 Å². The van der Waals surface area contributed by atoms with Gasteiger partial charge in [-0.25, -0.2) is 0 Å². The molecule has 1 atom stereocenters. The van der Waals surface area contributed by atoms with Crippen molar-refractivity contribution >= 4 is 45.2 Å². The highest BCUT2D eigenvalue weighted by molar-refractivity contribution is 6.32. The Morgan fingerprint density at radius 3 is 2.55 bits per heavy atom. The molecule has 2 heterocycles. The molecule has 1 unspecified atom stereocenters. The molecule has 0 bridgehead atoms. The summed E-state index contributed by atoms with van der Waals surface area (Å²) in [5.74, 6) is 1.11. The summed E-state index contributed by atoms with van der Waals surface area (Å²) < 4.78 is 12.7. The van der Waals surface area contributed by atoms with E-state index in [-0.39, 0.29) is 11.8 Å². The van der Waals surface area contributed by atoms with E-state index in [0.717, 1.165) is 45.1 Å². The lowest BCUT2D eigenvalue weighted by atomic mass is 9.73. The van der Waals surface area contributed by atoms with Crippen molar-refractivity contribution in [3.8, 4) is 11.5 Å². The first-order chi connectivity index (χ1) is 18.3. The number of hydrogen-bond acceptors (Lipinski definition) is 4. The number of aromatic nitrogens is 2. The van der Waals surface area contributed by atoms with Crippen molar-refractivity contribution in [2.24, 2.45) is 0 Å².